The smallest absolute Gasteiger partial charge is 0.252 e. The van der Waals surface area contributed by atoms with Crippen molar-refractivity contribution in [3.8, 4) is 0 Å². The SMILES string of the molecule is CC(C)N1C(=O)C[C@@H](NC(=O)[C@@H](C)c2ccc(Br)cc2)C1=O. The van der Waals surface area contributed by atoms with E-state index in [1.165, 1.54) is 4.90 Å². The van der Waals surface area contributed by atoms with Crippen LogP contribution < -0.4 is 5.32 Å². The fourth-order valence-electron chi connectivity index (χ4n) is 2.51. The quantitative estimate of drug-likeness (QED) is 0.830. The number of carbonyl (C=O) groups is 3. The van der Waals surface area contributed by atoms with Gasteiger partial charge in [0.25, 0.3) is 5.91 Å². The van der Waals surface area contributed by atoms with E-state index in [2.05, 4.69) is 21.2 Å². The van der Waals surface area contributed by atoms with Crippen LogP contribution in [0, 0.1) is 0 Å². The van der Waals surface area contributed by atoms with E-state index in [0.717, 1.165) is 10.0 Å². The Morgan fingerprint density at radius 1 is 1.23 bits per heavy atom. The molecule has 0 bridgehead atoms. The minimum absolute atomic E-state index is 0.0375. The van der Waals surface area contributed by atoms with Gasteiger partial charge in [-0.3, -0.25) is 19.3 Å². The van der Waals surface area contributed by atoms with Gasteiger partial charge in [-0.2, -0.15) is 0 Å². The van der Waals surface area contributed by atoms with Crippen molar-refractivity contribution in [2.75, 3.05) is 0 Å². The van der Waals surface area contributed by atoms with Crippen molar-refractivity contribution >= 4 is 33.7 Å². The highest BCUT2D eigenvalue weighted by molar-refractivity contribution is 9.10. The first kappa shape index (κ1) is 16.7. The summed E-state index contributed by atoms with van der Waals surface area (Å²) in [5.74, 6) is -1.19. The molecule has 2 rings (SSSR count). The third-order valence-corrected chi connectivity index (χ3v) is 4.31. The standard InChI is InChI=1S/C16H19BrN2O3/c1-9(2)19-14(20)8-13(16(19)22)18-15(21)10(3)11-4-6-12(17)7-5-11/h4-7,9-10,13H,8H2,1-3H3,(H,18,21)/t10-,13+/m0/s1. The number of nitrogens with one attached hydrogen (secondary N) is 1. The summed E-state index contributed by atoms with van der Waals surface area (Å²) in [5, 5.41) is 2.69. The van der Waals surface area contributed by atoms with E-state index < -0.39 is 6.04 Å². The van der Waals surface area contributed by atoms with Gasteiger partial charge in [0.05, 0.1) is 12.3 Å². The molecule has 22 heavy (non-hydrogen) atoms. The fraction of sp³-hybridized carbons (Fsp3) is 0.438. The first-order chi connectivity index (χ1) is 10.3. The summed E-state index contributed by atoms with van der Waals surface area (Å²) in [5.41, 5.74) is 0.859. The summed E-state index contributed by atoms with van der Waals surface area (Å²) < 4.78 is 0.938. The van der Waals surface area contributed by atoms with E-state index in [9.17, 15) is 14.4 Å². The highest BCUT2D eigenvalue weighted by Crippen LogP contribution is 2.21. The predicted octanol–water partition coefficient (Wildman–Crippen LogP) is 2.20. The Balaban J connectivity index is 2.04. The molecule has 1 saturated heterocycles. The summed E-state index contributed by atoms with van der Waals surface area (Å²) in [6.07, 6.45) is 0.0375. The molecule has 0 radical (unpaired) electrons. The Labute approximate surface area is 138 Å². The lowest BCUT2D eigenvalue weighted by Gasteiger charge is -2.20. The summed E-state index contributed by atoms with van der Waals surface area (Å²) >= 11 is 3.35. The lowest BCUT2D eigenvalue weighted by molar-refractivity contribution is -0.141. The molecule has 1 N–H and O–H groups in total. The van der Waals surface area contributed by atoms with Crippen molar-refractivity contribution in [2.24, 2.45) is 0 Å². The molecule has 3 amide bonds. The maximum atomic E-state index is 12.3. The predicted molar refractivity (Wildman–Crippen MR) is 86.1 cm³/mol. The minimum Gasteiger partial charge on any atom is -0.343 e. The monoisotopic (exact) mass is 366 g/mol. The molecule has 118 valence electrons. The molecular weight excluding hydrogens is 348 g/mol. The third kappa shape index (κ3) is 3.38. The molecular formula is C16H19BrN2O3. The zero-order valence-corrected chi connectivity index (χ0v) is 14.4. The molecule has 1 aliphatic rings. The fourth-order valence-corrected chi connectivity index (χ4v) is 2.77. The van der Waals surface area contributed by atoms with Crippen molar-refractivity contribution in [2.45, 2.75) is 45.2 Å². The molecule has 0 unspecified atom stereocenters. The third-order valence-electron chi connectivity index (χ3n) is 3.78. The van der Waals surface area contributed by atoms with Gasteiger partial charge in [0.15, 0.2) is 0 Å². The molecule has 0 saturated carbocycles. The molecule has 1 aromatic carbocycles. The molecule has 1 fully saturated rings. The topological polar surface area (TPSA) is 66.5 Å². The largest absolute Gasteiger partial charge is 0.343 e. The first-order valence-electron chi connectivity index (χ1n) is 7.23. The van der Waals surface area contributed by atoms with Crippen LogP contribution in [0.5, 0.6) is 0 Å². The van der Waals surface area contributed by atoms with E-state index in [-0.39, 0.29) is 36.1 Å². The van der Waals surface area contributed by atoms with Crippen LogP contribution in [0.4, 0.5) is 0 Å². The van der Waals surface area contributed by atoms with E-state index >= 15 is 0 Å². The number of benzene rings is 1. The van der Waals surface area contributed by atoms with Crippen molar-refractivity contribution in [3.63, 3.8) is 0 Å². The van der Waals surface area contributed by atoms with Gasteiger partial charge in [-0.1, -0.05) is 28.1 Å². The van der Waals surface area contributed by atoms with Gasteiger partial charge in [0, 0.05) is 10.5 Å². The van der Waals surface area contributed by atoms with Crippen molar-refractivity contribution in [1.29, 1.82) is 0 Å². The lowest BCUT2D eigenvalue weighted by Crippen LogP contribution is -2.44. The van der Waals surface area contributed by atoms with Crippen molar-refractivity contribution < 1.29 is 14.4 Å². The molecule has 2 atom stereocenters. The number of hydrogen-bond donors (Lipinski definition) is 1. The van der Waals surface area contributed by atoms with Gasteiger partial charge >= 0.3 is 0 Å². The van der Waals surface area contributed by atoms with Crippen LogP contribution in [0.15, 0.2) is 28.7 Å². The number of hydrogen-bond acceptors (Lipinski definition) is 3. The number of imide groups is 1. The van der Waals surface area contributed by atoms with Crippen LogP contribution >= 0.6 is 15.9 Å². The van der Waals surface area contributed by atoms with Gasteiger partial charge in [-0.05, 0) is 38.5 Å². The van der Waals surface area contributed by atoms with Crippen molar-refractivity contribution in [3.05, 3.63) is 34.3 Å². The lowest BCUT2D eigenvalue weighted by atomic mass is 10.00. The summed E-state index contributed by atoms with van der Waals surface area (Å²) in [6.45, 7) is 5.34. The zero-order chi connectivity index (χ0) is 16.4. The van der Waals surface area contributed by atoms with E-state index in [0.29, 0.717) is 0 Å². The Hall–Kier alpha value is -1.69. The first-order valence-corrected chi connectivity index (χ1v) is 8.02. The Kier molecular flexibility index (Phi) is 5.01. The highest BCUT2D eigenvalue weighted by Gasteiger charge is 2.41. The van der Waals surface area contributed by atoms with Crippen LogP contribution in [0.2, 0.25) is 0 Å². The second-order valence-electron chi connectivity index (χ2n) is 5.73. The van der Waals surface area contributed by atoms with Crippen LogP contribution in [-0.2, 0) is 14.4 Å². The Morgan fingerprint density at radius 2 is 1.82 bits per heavy atom. The van der Waals surface area contributed by atoms with Crippen LogP contribution in [-0.4, -0.2) is 34.7 Å². The number of carbonyl (C=O) groups excluding carboxylic acids is 3. The van der Waals surface area contributed by atoms with Gasteiger partial charge in [0.2, 0.25) is 11.8 Å². The second kappa shape index (κ2) is 6.60. The number of rotatable bonds is 4. The second-order valence-corrected chi connectivity index (χ2v) is 6.65. The number of halogens is 1. The van der Waals surface area contributed by atoms with Gasteiger partial charge in [0.1, 0.15) is 6.04 Å². The number of likely N-dealkylation sites (tertiary alicyclic amines) is 1. The Morgan fingerprint density at radius 3 is 2.32 bits per heavy atom. The van der Waals surface area contributed by atoms with E-state index in [1.807, 2.05) is 24.3 Å². The average molecular weight is 367 g/mol. The number of amides is 3. The van der Waals surface area contributed by atoms with E-state index in [4.69, 9.17) is 0 Å². The molecule has 0 aromatic heterocycles. The summed E-state index contributed by atoms with van der Waals surface area (Å²) in [6, 6.07) is 6.51. The molecule has 0 aliphatic carbocycles. The van der Waals surface area contributed by atoms with Gasteiger partial charge in [-0.15, -0.1) is 0 Å². The van der Waals surface area contributed by atoms with Crippen LogP contribution in [0.1, 0.15) is 38.7 Å². The maximum Gasteiger partial charge on any atom is 0.252 e. The van der Waals surface area contributed by atoms with Crippen LogP contribution in [0.25, 0.3) is 0 Å². The number of nitrogens with zero attached hydrogens (tertiary/aromatic N) is 1. The Bertz CT molecular complexity index is 598. The summed E-state index contributed by atoms with van der Waals surface area (Å²) in [4.78, 5) is 37.6. The van der Waals surface area contributed by atoms with Gasteiger partial charge < -0.3 is 5.32 Å². The normalized spacial score (nSPS) is 19.7. The molecule has 0 spiro atoms. The highest BCUT2D eigenvalue weighted by atomic mass is 79.9. The molecule has 1 aromatic rings. The maximum absolute atomic E-state index is 12.3. The van der Waals surface area contributed by atoms with Gasteiger partial charge in [-0.25, -0.2) is 0 Å². The van der Waals surface area contributed by atoms with Crippen LogP contribution in [0.3, 0.4) is 0 Å². The van der Waals surface area contributed by atoms with Crippen molar-refractivity contribution in [1.82, 2.24) is 10.2 Å². The summed E-state index contributed by atoms with van der Waals surface area (Å²) in [7, 11) is 0. The molecule has 1 heterocycles. The van der Waals surface area contributed by atoms with E-state index in [1.54, 1.807) is 20.8 Å². The molecule has 6 heteroatoms. The molecule has 5 nitrogen and oxygen atoms in total. The average Bonchev–Trinajstić information content (AvgIpc) is 2.73. The minimum atomic E-state index is -0.750. The molecule has 1 aliphatic heterocycles. The zero-order valence-electron chi connectivity index (χ0n) is 12.8.